The van der Waals surface area contributed by atoms with Gasteiger partial charge in [0.25, 0.3) is 0 Å². The van der Waals surface area contributed by atoms with Crippen molar-refractivity contribution in [1.82, 2.24) is 5.32 Å². The molecule has 2 rings (SSSR count). The van der Waals surface area contributed by atoms with E-state index in [1.54, 1.807) is 30.3 Å². The molecule has 0 spiro atoms. The highest BCUT2D eigenvalue weighted by Gasteiger charge is 2.17. The first kappa shape index (κ1) is 21.4. The molecule has 0 heterocycles. The number of methoxy groups -OCH3 is 2. The molecule has 0 bridgehead atoms. The first-order valence-corrected chi connectivity index (χ1v) is 10.2. The largest absolute Gasteiger partial charge is 0.496 e. The van der Waals surface area contributed by atoms with Crippen LogP contribution in [0.3, 0.4) is 0 Å². The van der Waals surface area contributed by atoms with Crippen molar-refractivity contribution in [2.45, 2.75) is 24.8 Å². The van der Waals surface area contributed by atoms with Gasteiger partial charge in [0.05, 0.1) is 24.9 Å². The number of aryl methyl sites for hydroxylation is 1. The Kier molecular flexibility index (Phi) is 7.17. The van der Waals surface area contributed by atoms with Gasteiger partial charge in [-0.05, 0) is 36.8 Å². The number of amides is 1. The number of hydrogen-bond donors (Lipinski definition) is 1. The molecule has 0 radical (unpaired) electrons. The third-order valence-corrected chi connectivity index (χ3v) is 5.87. The highest BCUT2D eigenvalue weighted by Crippen LogP contribution is 2.21. The molecule has 0 saturated carbocycles. The van der Waals surface area contributed by atoms with Gasteiger partial charge in [-0.1, -0.05) is 23.8 Å². The fraction of sp³-hybridized carbons (Fsp3) is 0.300. The van der Waals surface area contributed by atoms with Crippen LogP contribution >= 0.6 is 0 Å². The summed E-state index contributed by atoms with van der Waals surface area (Å²) < 4.78 is 34.4. The Balaban J connectivity index is 1.95. The van der Waals surface area contributed by atoms with Crippen LogP contribution in [0.15, 0.2) is 47.4 Å². The molecule has 1 amide bonds. The molecule has 0 aliphatic carbocycles. The second-order valence-corrected chi connectivity index (χ2v) is 8.29. The van der Waals surface area contributed by atoms with Crippen LogP contribution in [0.5, 0.6) is 5.75 Å². The van der Waals surface area contributed by atoms with E-state index in [2.05, 4.69) is 5.32 Å². The van der Waals surface area contributed by atoms with E-state index in [1.807, 2.05) is 6.92 Å². The van der Waals surface area contributed by atoms with Crippen molar-refractivity contribution in [2.24, 2.45) is 0 Å². The van der Waals surface area contributed by atoms with Crippen LogP contribution < -0.4 is 10.1 Å². The van der Waals surface area contributed by atoms with Crippen molar-refractivity contribution in [3.63, 3.8) is 0 Å². The smallest absolute Gasteiger partial charge is 0.341 e. The van der Waals surface area contributed by atoms with Crippen LogP contribution in [0.1, 0.15) is 27.9 Å². The van der Waals surface area contributed by atoms with Gasteiger partial charge in [-0.3, -0.25) is 4.79 Å². The van der Waals surface area contributed by atoms with Gasteiger partial charge in [0, 0.05) is 13.0 Å². The van der Waals surface area contributed by atoms with Gasteiger partial charge in [0.2, 0.25) is 5.91 Å². The van der Waals surface area contributed by atoms with Gasteiger partial charge in [0.15, 0.2) is 9.84 Å². The zero-order valence-electron chi connectivity index (χ0n) is 16.0. The minimum absolute atomic E-state index is 0.150. The van der Waals surface area contributed by atoms with E-state index in [1.165, 1.54) is 26.4 Å². The topological polar surface area (TPSA) is 98.8 Å². The number of hydrogen-bond acceptors (Lipinski definition) is 6. The number of esters is 1. The molecule has 2 aromatic rings. The second kappa shape index (κ2) is 9.36. The summed E-state index contributed by atoms with van der Waals surface area (Å²) in [5.74, 6) is -0.857. The zero-order valence-corrected chi connectivity index (χ0v) is 16.8. The number of nitrogens with one attached hydrogen (secondary N) is 1. The Bertz CT molecular complexity index is 951. The van der Waals surface area contributed by atoms with Crippen molar-refractivity contribution in [2.75, 3.05) is 20.0 Å². The minimum atomic E-state index is -3.52. The summed E-state index contributed by atoms with van der Waals surface area (Å²) in [4.78, 5) is 24.0. The van der Waals surface area contributed by atoms with Gasteiger partial charge in [-0.2, -0.15) is 0 Å². The maximum absolute atomic E-state index is 12.3. The molecule has 0 atom stereocenters. The molecule has 0 aromatic heterocycles. The summed E-state index contributed by atoms with van der Waals surface area (Å²) in [7, 11) is -0.813. The van der Waals surface area contributed by atoms with E-state index in [-0.39, 0.29) is 29.2 Å². The molecular weight excluding hydrogens is 382 g/mol. The number of sulfone groups is 1. The van der Waals surface area contributed by atoms with Crippen LogP contribution in [0.25, 0.3) is 0 Å². The number of carbonyl (C=O) groups excluding carboxylic acids is 2. The van der Waals surface area contributed by atoms with Gasteiger partial charge >= 0.3 is 5.97 Å². The van der Waals surface area contributed by atoms with Gasteiger partial charge in [-0.15, -0.1) is 0 Å². The standard InChI is InChI=1S/C20H23NO6S/c1-14-4-7-16(8-5-14)28(24,25)11-10-19(22)21-13-15-6-9-18(26-2)17(12-15)20(23)27-3/h4-9,12H,10-11,13H2,1-3H3,(H,21,22). The number of ether oxygens (including phenoxy) is 2. The Morgan fingerprint density at radius 3 is 2.32 bits per heavy atom. The van der Waals surface area contributed by atoms with E-state index in [0.29, 0.717) is 11.3 Å². The molecule has 0 saturated heterocycles. The highest BCUT2D eigenvalue weighted by atomic mass is 32.2. The summed E-state index contributed by atoms with van der Waals surface area (Å²) >= 11 is 0. The summed E-state index contributed by atoms with van der Waals surface area (Å²) in [5, 5.41) is 2.66. The van der Waals surface area contributed by atoms with Crippen molar-refractivity contribution < 1.29 is 27.5 Å². The predicted octanol–water partition coefficient (Wildman–Crippen LogP) is 2.27. The van der Waals surface area contributed by atoms with Crippen molar-refractivity contribution in [1.29, 1.82) is 0 Å². The molecule has 0 fully saturated rings. The Labute approximate surface area is 164 Å². The normalized spacial score (nSPS) is 11.0. The third-order valence-electron chi connectivity index (χ3n) is 4.14. The maximum Gasteiger partial charge on any atom is 0.341 e. The lowest BCUT2D eigenvalue weighted by atomic mass is 10.1. The Morgan fingerprint density at radius 1 is 1.04 bits per heavy atom. The van der Waals surface area contributed by atoms with Crippen molar-refractivity contribution >= 4 is 21.7 Å². The quantitative estimate of drug-likeness (QED) is 0.677. The zero-order chi connectivity index (χ0) is 20.7. The van der Waals surface area contributed by atoms with E-state index >= 15 is 0 Å². The third kappa shape index (κ3) is 5.56. The van der Waals surface area contributed by atoms with Crippen molar-refractivity contribution in [3.8, 4) is 5.75 Å². The number of benzene rings is 2. The second-order valence-electron chi connectivity index (χ2n) is 6.18. The Morgan fingerprint density at radius 2 is 1.71 bits per heavy atom. The summed E-state index contributed by atoms with van der Waals surface area (Å²) in [6, 6.07) is 11.4. The molecule has 8 heteroatoms. The lowest BCUT2D eigenvalue weighted by molar-refractivity contribution is -0.120. The van der Waals surface area contributed by atoms with E-state index < -0.39 is 21.7 Å². The van der Waals surface area contributed by atoms with Gasteiger partial charge in [-0.25, -0.2) is 13.2 Å². The lowest BCUT2D eigenvalue weighted by Gasteiger charge is -2.10. The first-order chi connectivity index (χ1) is 13.3. The average molecular weight is 405 g/mol. The SMILES string of the molecule is COC(=O)c1cc(CNC(=O)CCS(=O)(=O)c2ccc(C)cc2)ccc1OC. The summed E-state index contributed by atoms with van der Waals surface area (Å²) in [6.07, 6.45) is -0.157. The molecule has 1 N–H and O–H groups in total. The predicted molar refractivity (Wildman–Crippen MR) is 104 cm³/mol. The number of carbonyl (C=O) groups is 2. The monoisotopic (exact) mass is 405 g/mol. The fourth-order valence-electron chi connectivity index (χ4n) is 2.51. The minimum Gasteiger partial charge on any atom is -0.496 e. The van der Waals surface area contributed by atoms with Gasteiger partial charge in [0.1, 0.15) is 11.3 Å². The summed E-state index contributed by atoms with van der Waals surface area (Å²) in [5.41, 5.74) is 1.87. The molecule has 2 aromatic carbocycles. The van der Waals surface area contributed by atoms with Crippen molar-refractivity contribution in [3.05, 3.63) is 59.2 Å². The van der Waals surface area contributed by atoms with Crippen LogP contribution in [0, 0.1) is 6.92 Å². The summed E-state index contributed by atoms with van der Waals surface area (Å²) in [6.45, 7) is 2.02. The lowest BCUT2D eigenvalue weighted by Crippen LogP contribution is -2.25. The van der Waals surface area contributed by atoms with E-state index in [9.17, 15) is 18.0 Å². The Hall–Kier alpha value is -2.87. The average Bonchev–Trinajstić information content (AvgIpc) is 2.70. The molecular formula is C20H23NO6S. The first-order valence-electron chi connectivity index (χ1n) is 8.58. The molecule has 150 valence electrons. The van der Waals surface area contributed by atoms with Crippen LogP contribution in [-0.4, -0.2) is 40.3 Å². The van der Waals surface area contributed by atoms with Crippen LogP contribution in [-0.2, 0) is 25.9 Å². The maximum atomic E-state index is 12.3. The molecule has 0 unspecified atom stereocenters. The van der Waals surface area contributed by atoms with Crippen LogP contribution in [0.2, 0.25) is 0 Å². The fourth-order valence-corrected chi connectivity index (χ4v) is 3.75. The molecule has 0 aliphatic rings. The highest BCUT2D eigenvalue weighted by molar-refractivity contribution is 7.91. The van der Waals surface area contributed by atoms with Crippen LogP contribution in [0.4, 0.5) is 0 Å². The molecule has 0 aliphatic heterocycles. The van der Waals surface area contributed by atoms with E-state index in [0.717, 1.165) is 5.56 Å². The van der Waals surface area contributed by atoms with Gasteiger partial charge < -0.3 is 14.8 Å². The molecule has 7 nitrogen and oxygen atoms in total. The molecule has 28 heavy (non-hydrogen) atoms. The number of rotatable bonds is 8. The van der Waals surface area contributed by atoms with E-state index in [4.69, 9.17) is 9.47 Å².